The summed E-state index contributed by atoms with van der Waals surface area (Å²) >= 11 is 0. The molecule has 1 atom stereocenters. The molecule has 0 unspecified atom stereocenters. The molecule has 1 saturated carbocycles. The van der Waals surface area contributed by atoms with Crippen molar-refractivity contribution in [2.24, 2.45) is 0 Å². The predicted octanol–water partition coefficient (Wildman–Crippen LogP) is 3.79. The summed E-state index contributed by atoms with van der Waals surface area (Å²) in [6.45, 7) is 3.29. The first-order valence-electron chi connectivity index (χ1n) is 12.3. The summed E-state index contributed by atoms with van der Waals surface area (Å²) in [7, 11) is 0. The molecule has 1 amide bonds. The molecule has 2 aliphatic rings. The second-order valence-electron chi connectivity index (χ2n) is 10.6. The highest BCUT2D eigenvalue weighted by Crippen LogP contribution is 2.52. The van der Waals surface area contributed by atoms with E-state index in [1.165, 1.54) is 30.3 Å². The van der Waals surface area contributed by atoms with E-state index in [1.54, 1.807) is 4.57 Å². The van der Waals surface area contributed by atoms with Crippen molar-refractivity contribution in [1.82, 2.24) is 4.57 Å². The van der Waals surface area contributed by atoms with Gasteiger partial charge in [0, 0.05) is 29.2 Å². The number of aliphatic hydroxyl groups is 3. The normalized spacial score (nSPS) is 18.0. The Labute approximate surface area is 216 Å². The highest BCUT2D eigenvalue weighted by Gasteiger charge is 2.53. The van der Waals surface area contributed by atoms with Gasteiger partial charge in [0.1, 0.15) is 5.82 Å². The number of aliphatic hydroxyl groups excluding tert-OH is 3. The standard InChI is InChI=1S/C27H29F3N2O6/c1-25(2,7-8-33)23-10-15-9-19(18(28)12-20(15)32(23)13-17(35)14-34)31-24(36)26(5-6-26)16-3-4-21-22(11-16)38-27(29,30)37-21/h3-4,9-12,17,33-35H,5-8,13-14H2,1-2H3,(H,31,36)/t17-/m1/s1. The summed E-state index contributed by atoms with van der Waals surface area (Å²) in [5.41, 5.74) is 0.0703. The number of anilines is 1. The number of carbonyl (C=O) groups is 1. The van der Waals surface area contributed by atoms with Crippen LogP contribution in [0.2, 0.25) is 0 Å². The first-order valence-corrected chi connectivity index (χ1v) is 12.3. The van der Waals surface area contributed by atoms with Gasteiger partial charge in [-0.1, -0.05) is 19.9 Å². The van der Waals surface area contributed by atoms with Crippen molar-refractivity contribution in [3.8, 4) is 11.5 Å². The SMILES string of the molecule is CC(C)(CCO)c1cc2cc(NC(=O)C3(c4ccc5c(c4)OC(F)(F)O5)CC3)c(F)cc2n1C[C@@H](O)CO. The number of halogens is 3. The fourth-order valence-electron chi connectivity index (χ4n) is 5.07. The van der Waals surface area contributed by atoms with Crippen molar-refractivity contribution >= 4 is 22.5 Å². The monoisotopic (exact) mass is 534 g/mol. The molecule has 204 valence electrons. The lowest BCUT2D eigenvalue weighted by atomic mass is 9.85. The van der Waals surface area contributed by atoms with Gasteiger partial charge >= 0.3 is 6.29 Å². The Morgan fingerprint density at radius 2 is 1.84 bits per heavy atom. The van der Waals surface area contributed by atoms with Crippen LogP contribution in [0.3, 0.4) is 0 Å². The predicted molar refractivity (Wildman–Crippen MR) is 132 cm³/mol. The quantitative estimate of drug-likeness (QED) is 0.332. The number of aromatic nitrogens is 1. The number of hydrogen-bond donors (Lipinski definition) is 4. The van der Waals surface area contributed by atoms with Gasteiger partial charge < -0.3 is 34.7 Å². The largest absolute Gasteiger partial charge is 0.586 e. The molecule has 0 radical (unpaired) electrons. The van der Waals surface area contributed by atoms with Crippen molar-refractivity contribution in [2.75, 3.05) is 18.5 Å². The van der Waals surface area contributed by atoms with Gasteiger partial charge in [-0.25, -0.2) is 4.39 Å². The number of hydrogen-bond acceptors (Lipinski definition) is 6. The Balaban J connectivity index is 1.46. The third-order valence-corrected chi connectivity index (χ3v) is 7.41. The Bertz CT molecular complexity index is 1400. The number of nitrogens with zero attached hydrogens (tertiary/aromatic N) is 1. The molecule has 0 saturated heterocycles. The maximum absolute atomic E-state index is 15.3. The molecule has 1 fully saturated rings. The van der Waals surface area contributed by atoms with E-state index < -0.39 is 41.6 Å². The molecule has 8 nitrogen and oxygen atoms in total. The fraction of sp³-hybridized carbons (Fsp3) is 0.444. The number of alkyl halides is 2. The third kappa shape index (κ3) is 4.59. The fourth-order valence-corrected chi connectivity index (χ4v) is 5.07. The Morgan fingerprint density at radius 1 is 1.13 bits per heavy atom. The Morgan fingerprint density at radius 3 is 2.50 bits per heavy atom. The van der Waals surface area contributed by atoms with Gasteiger partial charge in [-0.3, -0.25) is 4.79 Å². The maximum atomic E-state index is 15.3. The molecule has 0 spiro atoms. The summed E-state index contributed by atoms with van der Waals surface area (Å²) in [6.07, 6.45) is -3.53. The van der Waals surface area contributed by atoms with Crippen LogP contribution in [-0.4, -0.2) is 51.4 Å². The summed E-state index contributed by atoms with van der Waals surface area (Å²) < 4.78 is 52.8. The molecule has 2 aromatic carbocycles. The third-order valence-electron chi connectivity index (χ3n) is 7.41. The molecule has 2 heterocycles. The lowest BCUT2D eigenvalue weighted by Crippen LogP contribution is -2.28. The zero-order valence-electron chi connectivity index (χ0n) is 20.9. The van der Waals surface area contributed by atoms with Crippen LogP contribution < -0.4 is 14.8 Å². The van der Waals surface area contributed by atoms with E-state index >= 15 is 4.39 Å². The first-order chi connectivity index (χ1) is 17.9. The number of nitrogens with one attached hydrogen (secondary N) is 1. The van der Waals surface area contributed by atoms with Crippen LogP contribution in [0, 0.1) is 5.82 Å². The van der Waals surface area contributed by atoms with Gasteiger partial charge in [0.2, 0.25) is 5.91 Å². The van der Waals surface area contributed by atoms with E-state index in [1.807, 2.05) is 19.9 Å². The lowest BCUT2D eigenvalue weighted by Gasteiger charge is -2.27. The van der Waals surface area contributed by atoms with E-state index in [4.69, 9.17) is 0 Å². The van der Waals surface area contributed by atoms with Crippen molar-refractivity contribution in [3.05, 3.63) is 53.5 Å². The minimum Gasteiger partial charge on any atom is -0.396 e. The lowest BCUT2D eigenvalue weighted by molar-refractivity contribution is -0.286. The number of rotatable bonds is 9. The summed E-state index contributed by atoms with van der Waals surface area (Å²) in [5.74, 6) is -1.46. The second-order valence-corrected chi connectivity index (χ2v) is 10.6. The summed E-state index contributed by atoms with van der Waals surface area (Å²) in [4.78, 5) is 13.3. The molecule has 1 aliphatic heterocycles. The van der Waals surface area contributed by atoms with Crippen molar-refractivity contribution < 1.29 is 42.8 Å². The van der Waals surface area contributed by atoms with E-state index in [0.29, 0.717) is 35.7 Å². The van der Waals surface area contributed by atoms with E-state index in [0.717, 1.165) is 5.69 Å². The highest BCUT2D eigenvalue weighted by atomic mass is 19.3. The van der Waals surface area contributed by atoms with Gasteiger partial charge in [0.05, 0.1) is 35.9 Å². The number of benzene rings is 2. The van der Waals surface area contributed by atoms with Crippen LogP contribution >= 0.6 is 0 Å². The minimum absolute atomic E-state index is 0.0155. The van der Waals surface area contributed by atoms with Gasteiger partial charge in [-0.05, 0) is 49.1 Å². The number of carbonyl (C=O) groups excluding carboxylic acids is 1. The van der Waals surface area contributed by atoms with Crippen LogP contribution in [-0.2, 0) is 22.2 Å². The smallest absolute Gasteiger partial charge is 0.396 e. The minimum atomic E-state index is -3.77. The van der Waals surface area contributed by atoms with E-state index in [2.05, 4.69) is 14.8 Å². The Kier molecular flexibility index (Phi) is 6.36. The van der Waals surface area contributed by atoms with E-state index in [9.17, 15) is 28.9 Å². The molecule has 4 N–H and O–H groups in total. The molecule has 5 rings (SSSR count). The average Bonchev–Trinajstić information content (AvgIpc) is 3.50. The van der Waals surface area contributed by atoms with Crippen LogP contribution in [0.25, 0.3) is 10.9 Å². The van der Waals surface area contributed by atoms with Crippen LogP contribution in [0.5, 0.6) is 11.5 Å². The average molecular weight is 535 g/mol. The van der Waals surface area contributed by atoms with E-state index in [-0.39, 0.29) is 30.3 Å². The van der Waals surface area contributed by atoms with Crippen molar-refractivity contribution in [3.63, 3.8) is 0 Å². The topological polar surface area (TPSA) is 113 Å². The number of fused-ring (bicyclic) bond motifs is 2. The van der Waals surface area contributed by atoms with Gasteiger partial charge in [-0.2, -0.15) is 0 Å². The van der Waals surface area contributed by atoms with Gasteiger partial charge in [0.25, 0.3) is 0 Å². The number of ether oxygens (including phenoxy) is 2. The first kappa shape index (κ1) is 26.3. The highest BCUT2D eigenvalue weighted by molar-refractivity contribution is 6.02. The molecule has 1 aromatic heterocycles. The maximum Gasteiger partial charge on any atom is 0.586 e. The van der Waals surface area contributed by atoms with Gasteiger partial charge in [0.15, 0.2) is 11.5 Å². The second kappa shape index (κ2) is 9.18. The van der Waals surface area contributed by atoms with Gasteiger partial charge in [-0.15, -0.1) is 8.78 Å². The van der Waals surface area contributed by atoms with Crippen LogP contribution in [0.1, 0.15) is 44.4 Å². The van der Waals surface area contributed by atoms with Crippen LogP contribution in [0.15, 0.2) is 36.4 Å². The molecule has 3 aromatic rings. The summed E-state index contributed by atoms with van der Waals surface area (Å²) in [5, 5.41) is 32.3. The van der Waals surface area contributed by atoms with Crippen LogP contribution in [0.4, 0.5) is 18.9 Å². The molecule has 38 heavy (non-hydrogen) atoms. The number of amides is 1. The zero-order valence-corrected chi connectivity index (χ0v) is 20.9. The summed E-state index contributed by atoms with van der Waals surface area (Å²) in [6, 6.07) is 8.77. The van der Waals surface area contributed by atoms with Crippen molar-refractivity contribution in [1.29, 1.82) is 0 Å². The molecule has 11 heteroatoms. The Hall–Kier alpha value is -3.28. The molecule has 1 aliphatic carbocycles. The molecular formula is C27H29F3N2O6. The van der Waals surface area contributed by atoms with Crippen molar-refractivity contribution in [2.45, 2.75) is 62.9 Å². The zero-order chi connectivity index (χ0) is 27.5. The molecular weight excluding hydrogens is 505 g/mol. The molecule has 0 bridgehead atoms.